The summed E-state index contributed by atoms with van der Waals surface area (Å²) in [6.07, 6.45) is -4.53. The number of alkyl halides is 3. The first-order valence-corrected chi connectivity index (χ1v) is 9.04. The highest BCUT2D eigenvalue weighted by Crippen LogP contribution is 2.34. The standard InChI is InChI=1S/C17H12BrF3N2O2S/c1-9-13(12-6-7-26-14(12)18)15(24)22(2)16(25)23(9)11-5-3-4-10(8-11)17(19,20)21/h3-8H,1-2H3. The first kappa shape index (κ1) is 18.7. The van der Waals surface area contributed by atoms with E-state index in [1.54, 1.807) is 18.4 Å². The number of nitrogens with zero attached hydrogens (tertiary/aromatic N) is 2. The second kappa shape index (κ2) is 6.55. The zero-order valence-electron chi connectivity index (χ0n) is 13.6. The number of aromatic nitrogens is 2. The summed E-state index contributed by atoms with van der Waals surface area (Å²) in [5.74, 6) is 0. The van der Waals surface area contributed by atoms with Crippen molar-refractivity contribution < 1.29 is 13.2 Å². The van der Waals surface area contributed by atoms with Gasteiger partial charge in [0.15, 0.2) is 0 Å². The van der Waals surface area contributed by atoms with Gasteiger partial charge in [-0.2, -0.15) is 13.2 Å². The van der Waals surface area contributed by atoms with Crippen LogP contribution in [0, 0.1) is 6.92 Å². The van der Waals surface area contributed by atoms with Crippen LogP contribution in [0.1, 0.15) is 11.3 Å². The van der Waals surface area contributed by atoms with Gasteiger partial charge in [0.05, 0.1) is 20.6 Å². The molecule has 0 bridgehead atoms. The molecule has 3 aromatic rings. The molecule has 2 aromatic heterocycles. The van der Waals surface area contributed by atoms with Gasteiger partial charge in [0.2, 0.25) is 0 Å². The molecule has 136 valence electrons. The van der Waals surface area contributed by atoms with Crippen molar-refractivity contribution in [2.45, 2.75) is 13.1 Å². The van der Waals surface area contributed by atoms with E-state index >= 15 is 0 Å². The van der Waals surface area contributed by atoms with Crippen LogP contribution in [0.3, 0.4) is 0 Å². The number of hydrogen-bond acceptors (Lipinski definition) is 3. The van der Waals surface area contributed by atoms with Gasteiger partial charge in [-0.05, 0) is 52.5 Å². The molecule has 1 aromatic carbocycles. The Morgan fingerprint density at radius 2 is 1.85 bits per heavy atom. The van der Waals surface area contributed by atoms with Crippen molar-refractivity contribution in [3.05, 3.63) is 71.6 Å². The minimum atomic E-state index is -4.53. The molecule has 0 N–H and O–H groups in total. The Labute approximate surface area is 158 Å². The Kier molecular flexibility index (Phi) is 4.70. The van der Waals surface area contributed by atoms with E-state index in [0.717, 1.165) is 21.3 Å². The molecule has 26 heavy (non-hydrogen) atoms. The fourth-order valence-electron chi connectivity index (χ4n) is 2.72. The largest absolute Gasteiger partial charge is 0.416 e. The molecule has 3 rings (SSSR count). The van der Waals surface area contributed by atoms with E-state index in [1.807, 2.05) is 0 Å². The van der Waals surface area contributed by atoms with Crippen molar-refractivity contribution in [1.82, 2.24) is 9.13 Å². The maximum absolute atomic E-state index is 13.0. The highest BCUT2D eigenvalue weighted by Gasteiger charge is 2.31. The van der Waals surface area contributed by atoms with E-state index in [1.165, 1.54) is 30.5 Å². The molecular formula is C17H12BrF3N2O2S. The number of halogens is 4. The molecule has 4 nitrogen and oxygen atoms in total. The van der Waals surface area contributed by atoms with Crippen molar-refractivity contribution in [1.29, 1.82) is 0 Å². The molecule has 0 radical (unpaired) electrons. The average Bonchev–Trinajstić information content (AvgIpc) is 2.99. The molecule has 0 unspecified atom stereocenters. The van der Waals surface area contributed by atoms with Crippen molar-refractivity contribution in [3.8, 4) is 16.8 Å². The van der Waals surface area contributed by atoms with Crippen LogP contribution < -0.4 is 11.2 Å². The molecule has 0 atom stereocenters. The second-order valence-electron chi connectivity index (χ2n) is 5.60. The zero-order chi connectivity index (χ0) is 19.2. The molecular weight excluding hydrogens is 433 g/mol. The molecule has 0 aliphatic carbocycles. The Morgan fingerprint density at radius 1 is 1.15 bits per heavy atom. The SMILES string of the molecule is Cc1c(-c2ccsc2Br)c(=O)n(C)c(=O)n1-c1cccc(C(F)(F)F)c1. The molecule has 0 aliphatic heterocycles. The van der Waals surface area contributed by atoms with Crippen molar-refractivity contribution in [3.63, 3.8) is 0 Å². The number of rotatable bonds is 2. The summed E-state index contributed by atoms with van der Waals surface area (Å²) in [6, 6.07) is 6.18. The summed E-state index contributed by atoms with van der Waals surface area (Å²) in [5, 5.41) is 1.78. The monoisotopic (exact) mass is 444 g/mol. The lowest BCUT2D eigenvalue weighted by molar-refractivity contribution is -0.137. The Bertz CT molecular complexity index is 1110. The van der Waals surface area contributed by atoms with E-state index in [-0.39, 0.29) is 16.9 Å². The van der Waals surface area contributed by atoms with E-state index in [0.29, 0.717) is 9.35 Å². The highest BCUT2D eigenvalue weighted by atomic mass is 79.9. The summed E-state index contributed by atoms with van der Waals surface area (Å²) >= 11 is 4.73. The first-order valence-electron chi connectivity index (χ1n) is 7.36. The van der Waals surface area contributed by atoms with Crippen LogP contribution in [0.15, 0.2) is 49.1 Å². The van der Waals surface area contributed by atoms with Gasteiger partial charge in [-0.25, -0.2) is 4.79 Å². The molecule has 0 spiro atoms. The van der Waals surface area contributed by atoms with Gasteiger partial charge in [-0.1, -0.05) is 6.07 Å². The van der Waals surface area contributed by atoms with Gasteiger partial charge in [-0.3, -0.25) is 13.9 Å². The Hall–Kier alpha value is -2.13. The predicted octanol–water partition coefficient (Wildman–Crippen LogP) is 4.35. The Morgan fingerprint density at radius 3 is 2.42 bits per heavy atom. The van der Waals surface area contributed by atoms with Crippen LogP contribution in [-0.2, 0) is 13.2 Å². The van der Waals surface area contributed by atoms with Gasteiger partial charge in [0.1, 0.15) is 0 Å². The molecule has 0 saturated carbocycles. The maximum atomic E-state index is 13.0. The van der Waals surface area contributed by atoms with Crippen molar-refractivity contribution in [2.24, 2.45) is 7.05 Å². The average molecular weight is 445 g/mol. The van der Waals surface area contributed by atoms with E-state index < -0.39 is 23.0 Å². The number of benzene rings is 1. The van der Waals surface area contributed by atoms with Crippen LogP contribution in [0.25, 0.3) is 16.8 Å². The van der Waals surface area contributed by atoms with Crippen LogP contribution in [0.2, 0.25) is 0 Å². The fourth-order valence-corrected chi connectivity index (χ4v) is 4.00. The summed E-state index contributed by atoms with van der Waals surface area (Å²) in [6.45, 7) is 1.54. The quantitative estimate of drug-likeness (QED) is 0.589. The van der Waals surface area contributed by atoms with Crippen LogP contribution in [0.4, 0.5) is 13.2 Å². The molecule has 9 heteroatoms. The number of hydrogen-bond donors (Lipinski definition) is 0. The third-order valence-electron chi connectivity index (χ3n) is 4.01. The highest BCUT2D eigenvalue weighted by molar-refractivity contribution is 9.11. The Balaban J connectivity index is 2.37. The zero-order valence-corrected chi connectivity index (χ0v) is 16.0. The summed E-state index contributed by atoms with van der Waals surface area (Å²) < 4.78 is 41.8. The minimum Gasteiger partial charge on any atom is -0.268 e. The van der Waals surface area contributed by atoms with Gasteiger partial charge >= 0.3 is 11.9 Å². The molecule has 0 saturated heterocycles. The first-order chi connectivity index (χ1) is 12.1. The lowest BCUT2D eigenvalue weighted by Gasteiger charge is -2.16. The third-order valence-corrected chi connectivity index (χ3v) is 5.70. The van der Waals surface area contributed by atoms with E-state index in [2.05, 4.69) is 15.9 Å². The molecule has 0 amide bonds. The van der Waals surface area contributed by atoms with E-state index in [4.69, 9.17) is 0 Å². The molecule has 0 fully saturated rings. The normalized spacial score (nSPS) is 11.8. The second-order valence-corrected chi connectivity index (χ2v) is 7.83. The van der Waals surface area contributed by atoms with Crippen LogP contribution >= 0.6 is 27.3 Å². The summed E-state index contributed by atoms with van der Waals surface area (Å²) in [7, 11) is 1.30. The lowest BCUT2D eigenvalue weighted by Crippen LogP contribution is -2.39. The van der Waals surface area contributed by atoms with E-state index in [9.17, 15) is 22.8 Å². The van der Waals surface area contributed by atoms with Gasteiger partial charge in [-0.15, -0.1) is 11.3 Å². The maximum Gasteiger partial charge on any atom is 0.416 e. The van der Waals surface area contributed by atoms with Crippen LogP contribution in [-0.4, -0.2) is 9.13 Å². The minimum absolute atomic E-state index is 0.0468. The summed E-state index contributed by atoms with van der Waals surface area (Å²) in [4.78, 5) is 25.2. The van der Waals surface area contributed by atoms with Crippen LogP contribution in [0.5, 0.6) is 0 Å². The number of thiophene rings is 1. The lowest BCUT2D eigenvalue weighted by atomic mass is 10.1. The van der Waals surface area contributed by atoms with Crippen molar-refractivity contribution in [2.75, 3.05) is 0 Å². The van der Waals surface area contributed by atoms with Gasteiger partial charge in [0, 0.05) is 18.3 Å². The smallest absolute Gasteiger partial charge is 0.268 e. The molecule has 2 heterocycles. The third kappa shape index (κ3) is 3.05. The topological polar surface area (TPSA) is 44.0 Å². The fraction of sp³-hybridized carbons (Fsp3) is 0.176. The summed E-state index contributed by atoms with van der Waals surface area (Å²) in [5.41, 5.74) is -0.904. The molecule has 0 aliphatic rings. The van der Waals surface area contributed by atoms with Gasteiger partial charge in [0.25, 0.3) is 5.56 Å². The predicted molar refractivity (Wildman–Crippen MR) is 98.0 cm³/mol. The van der Waals surface area contributed by atoms with Gasteiger partial charge < -0.3 is 0 Å². The van der Waals surface area contributed by atoms with Crippen molar-refractivity contribution >= 4 is 27.3 Å².